The van der Waals surface area contributed by atoms with Crippen molar-refractivity contribution in [1.29, 1.82) is 0 Å². The van der Waals surface area contributed by atoms with Gasteiger partial charge in [0.25, 0.3) is 0 Å². The number of carbonyl (C=O) groups is 2. The Balaban J connectivity index is 1.62. The summed E-state index contributed by atoms with van der Waals surface area (Å²) in [7, 11) is 0. The van der Waals surface area contributed by atoms with E-state index in [0.717, 1.165) is 33.2 Å². The van der Waals surface area contributed by atoms with Crippen LogP contribution in [0, 0.1) is 0 Å². The van der Waals surface area contributed by atoms with Gasteiger partial charge in [0.05, 0.1) is 0 Å². The Bertz CT molecular complexity index is 1380. The minimum atomic E-state index is -1.24. The average molecular weight is 475 g/mol. The summed E-state index contributed by atoms with van der Waals surface area (Å²) in [6.07, 6.45) is 1.96. The molecule has 1 aromatic heterocycles. The van der Waals surface area contributed by atoms with Gasteiger partial charge >= 0.3 is 5.97 Å². The van der Waals surface area contributed by atoms with Crippen LogP contribution in [0.25, 0.3) is 10.9 Å². The first-order valence-corrected chi connectivity index (χ1v) is 11.9. The van der Waals surface area contributed by atoms with Crippen molar-refractivity contribution in [2.45, 2.75) is 17.9 Å². The number of benzene rings is 4. The van der Waals surface area contributed by atoms with Gasteiger partial charge in [-0.3, -0.25) is 4.79 Å². The van der Waals surface area contributed by atoms with Crippen molar-refractivity contribution < 1.29 is 14.7 Å². The molecule has 1 amide bonds. The lowest BCUT2D eigenvalue weighted by molar-refractivity contribution is -0.142. The molecule has 36 heavy (non-hydrogen) atoms. The van der Waals surface area contributed by atoms with E-state index in [4.69, 9.17) is 0 Å². The Kier molecular flexibility index (Phi) is 6.37. The molecule has 0 spiro atoms. The number of aromatic amines is 1. The van der Waals surface area contributed by atoms with E-state index in [-0.39, 0.29) is 6.42 Å². The van der Waals surface area contributed by atoms with Crippen LogP contribution >= 0.6 is 0 Å². The van der Waals surface area contributed by atoms with Crippen molar-refractivity contribution in [3.63, 3.8) is 0 Å². The zero-order chi connectivity index (χ0) is 25.0. The number of aromatic nitrogens is 1. The first kappa shape index (κ1) is 23.1. The minimum absolute atomic E-state index is 0.152. The second-order valence-electron chi connectivity index (χ2n) is 8.78. The number of amides is 1. The van der Waals surface area contributed by atoms with Crippen LogP contribution in [0.4, 0.5) is 0 Å². The molecule has 1 heterocycles. The summed E-state index contributed by atoms with van der Waals surface area (Å²) >= 11 is 0. The Hall–Kier alpha value is -4.64. The average Bonchev–Trinajstić information content (AvgIpc) is 3.33. The lowest BCUT2D eigenvalue weighted by Gasteiger charge is -2.35. The lowest BCUT2D eigenvalue weighted by Crippen LogP contribution is -2.52. The molecule has 0 radical (unpaired) electrons. The van der Waals surface area contributed by atoms with Gasteiger partial charge in [0.2, 0.25) is 5.91 Å². The lowest BCUT2D eigenvalue weighted by atomic mass is 9.68. The molecule has 0 bridgehead atoms. The van der Waals surface area contributed by atoms with Gasteiger partial charge < -0.3 is 15.4 Å². The summed E-state index contributed by atoms with van der Waals surface area (Å²) in [5.41, 5.74) is 2.80. The van der Waals surface area contributed by atoms with E-state index in [1.54, 1.807) is 0 Å². The molecule has 5 nitrogen and oxygen atoms in total. The maximum atomic E-state index is 14.4. The molecule has 5 aromatic rings. The number of para-hydroxylation sites is 1. The molecule has 5 rings (SSSR count). The number of carboxylic acid groups (broad SMARTS) is 1. The fourth-order valence-electron chi connectivity index (χ4n) is 4.94. The highest BCUT2D eigenvalue weighted by Crippen LogP contribution is 2.39. The summed E-state index contributed by atoms with van der Waals surface area (Å²) < 4.78 is 0. The SMILES string of the molecule is O=C(O)[C@H](Cc1c[nH]c2ccccc12)NC(=O)C(c1ccccc1)(c1ccccc1)c1ccccc1. The normalized spacial score (nSPS) is 12.2. The number of hydrogen-bond donors (Lipinski definition) is 3. The van der Waals surface area contributed by atoms with E-state index < -0.39 is 23.3 Å². The highest BCUT2D eigenvalue weighted by molar-refractivity contribution is 5.98. The third-order valence-electron chi connectivity index (χ3n) is 6.66. The van der Waals surface area contributed by atoms with Gasteiger partial charge in [-0.2, -0.15) is 0 Å². The van der Waals surface area contributed by atoms with Gasteiger partial charge in [0, 0.05) is 23.5 Å². The van der Waals surface area contributed by atoms with Crippen molar-refractivity contribution in [3.05, 3.63) is 144 Å². The van der Waals surface area contributed by atoms with E-state index in [2.05, 4.69) is 10.3 Å². The Morgan fingerprint density at radius 2 is 1.19 bits per heavy atom. The highest BCUT2D eigenvalue weighted by atomic mass is 16.4. The molecule has 0 unspecified atom stereocenters. The second kappa shape index (κ2) is 9.92. The summed E-state index contributed by atoms with van der Waals surface area (Å²) in [4.78, 5) is 30.0. The second-order valence-corrected chi connectivity index (χ2v) is 8.78. The number of rotatable bonds is 8. The molecule has 3 N–H and O–H groups in total. The molecule has 4 aromatic carbocycles. The van der Waals surface area contributed by atoms with Gasteiger partial charge in [-0.1, -0.05) is 109 Å². The third-order valence-corrected chi connectivity index (χ3v) is 6.66. The van der Waals surface area contributed by atoms with Gasteiger partial charge in [-0.05, 0) is 28.3 Å². The quantitative estimate of drug-likeness (QED) is 0.267. The number of hydrogen-bond acceptors (Lipinski definition) is 2. The van der Waals surface area contributed by atoms with Gasteiger partial charge in [0.15, 0.2) is 0 Å². The molecule has 0 saturated heterocycles. The van der Waals surface area contributed by atoms with E-state index in [1.165, 1.54) is 0 Å². The van der Waals surface area contributed by atoms with Crippen molar-refractivity contribution in [3.8, 4) is 0 Å². The molecule has 5 heteroatoms. The predicted molar refractivity (Wildman–Crippen MR) is 141 cm³/mol. The van der Waals surface area contributed by atoms with Crippen LogP contribution in [0.5, 0.6) is 0 Å². The topological polar surface area (TPSA) is 82.2 Å². The van der Waals surface area contributed by atoms with Crippen molar-refractivity contribution in [2.24, 2.45) is 0 Å². The van der Waals surface area contributed by atoms with Crippen LogP contribution < -0.4 is 5.32 Å². The number of H-pyrrole nitrogens is 1. The van der Waals surface area contributed by atoms with Crippen LogP contribution in [0.15, 0.2) is 121 Å². The third kappa shape index (κ3) is 4.16. The first-order valence-electron chi connectivity index (χ1n) is 11.9. The number of carbonyl (C=O) groups excluding carboxylic acids is 1. The summed E-state index contributed by atoms with van der Waals surface area (Å²) in [5, 5.41) is 14.0. The maximum Gasteiger partial charge on any atom is 0.326 e. The molecule has 0 aliphatic heterocycles. The molecule has 1 atom stereocenters. The number of aliphatic carboxylic acids is 1. The number of nitrogens with one attached hydrogen (secondary N) is 2. The molecular formula is C31H26N2O3. The van der Waals surface area contributed by atoms with Gasteiger partial charge in [-0.25, -0.2) is 4.79 Å². The Labute approximate surface area is 209 Å². The molecule has 0 saturated carbocycles. The Morgan fingerprint density at radius 1 is 0.722 bits per heavy atom. The Morgan fingerprint density at radius 3 is 1.69 bits per heavy atom. The number of carboxylic acids is 1. The van der Waals surface area contributed by atoms with Crippen LogP contribution in [-0.2, 0) is 21.4 Å². The van der Waals surface area contributed by atoms with Gasteiger partial charge in [0.1, 0.15) is 11.5 Å². The smallest absolute Gasteiger partial charge is 0.326 e. The molecule has 0 fully saturated rings. The number of fused-ring (bicyclic) bond motifs is 1. The van der Waals surface area contributed by atoms with Crippen LogP contribution in [0.3, 0.4) is 0 Å². The largest absolute Gasteiger partial charge is 0.480 e. The fraction of sp³-hybridized carbons (Fsp3) is 0.0968. The van der Waals surface area contributed by atoms with Crippen molar-refractivity contribution in [2.75, 3.05) is 0 Å². The highest BCUT2D eigenvalue weighted by Gasteiger charge is 2.45. The van der Waals surface area contributed by atoms with Crippen LogP contribution in [-0.4, -0.2) is 28.0 Å². The van der Waals surface area contributed by atoms with E-state index in [0.29, 0.717) is 0 Å². The van der Waals surface area contributed by atoms with E-state index in [9.17, 15) is 14.7 Å². The van der Waals surface area contributed by atoms with Crippen LogP contribution in [0.1, 0.15) is 22.3 Å². The molecule has 0 aliphatic carbocycles. The minimum Gasteiger partial charge on any atom is -0.480 e. The zero-order valence-corrected chi connectivity index (χ0v) is 19.6. The van der Waals surface area contributed by atoms with E-state index >= 15 is 0 Å². The molecular weight excluding hydrogens is 448 g/mol. The zero-order valence-electron chi connectivity index (χ0n) is 19.6. The standard InChI is InChI=1S/C31H26N2O3/c34-29(35)28(20-22-21-32-27-19-11-10-18-26(22)27)33-30(36)31(23-12-4-1-5-13-23,24-14-6-2-7-15-24)25-16-8-3-9-17-25/h1-19,21,28,32H,20H2,(H,33,36)(H,34,35)/t28-/m0/s1. The predicted octanol–water partition coefficient (Wildman–Crippen LogP) is 5.31. The monoisotopic (exact) mass is 474 g/mol. The van der Waals surface area contributed by atoms with Crippen molar-refractivity contribution >= 4 is 22.8 Å². The maximum absolute atomic E-state index is 14.4. The first-order chi connectivity index (χ1) is 17.6. The molecule has 0 aliphatic rings. The van der Waals surface area contributed by atoms with E-state index in [1.807, 2.05) is 121 Å². The summed E-state index contributed by atoms with van der Waals surface area (Å²) in [6.45, 7) is 0. The summed E-state index contributed by atoms with van der Waals surface area (Å²) in [6, 6.07) is 35.1. The fourth-order valence-corrected chi connectivity index (χ4v) is 4.94. The summed E-state index contributed by atoms with van der Waals surface area (Å²) in [5.74, 6) is -1.48. The van der Waals surface area contributed by atoms with Crippen LogP contribution in [0.2, 0.25) is 0 Å². The van der Waals surface area contributed by atoms with Crippen molar-refractivity contribution in [1.82, 2.24) is 10.3 Å². The van der Waals surface area contributed by atoms with Gasteiger partial charge in [-0.15, -0.1) is 0 Å². The molecule has 178 valence electrons.